The largest absolute Gasteiger partial charge is 0.512 e. The highest BCUT2D eigenvalue weighted by atomic mass is 16.3. The van der Waals surface area contributed by atoms with Crippen molar-refractivity contribution in [3.8, 4) is 0 Å². The lowest BCUT2D eigenvalue weighted by Gasteiger charge is -2.25. The second-order valence-corrected chi connectivity index (χ2v) is 6.64. The van der Waals surface area contributed by atoms with Crippen LogP contribution in [0, 0.1) is 5.41 Å². The van der Waals surface area contributed by atoms with E-state index in [1.165, 1.54) is 6.08 Å². The van der Waals surface area contributed by atoms with Gasteiger partial charge in [0, 0.05) is 17.5 Å². The summed E-state index contributed by atoms with van der Waals surface area (Å²) < 4.78 is 0. The molecule has 1 amide bonds. The predicted octanol–water partition coefficient (Wildman–Crippen LogP) is 2.23. The van der Waals surface area contributed by atoms with E-state index in [2.05, 4.69) is 23.7 Å². The van der Waals surface area contributed by atoms with Crippen LogP contribution in [0.1, 0.15) is 47.5 Å². The van der Waals surface area contributed by atoms with Gasteiger partial charge in [-0.1, -0.05) is 20.8 Å². The maximum absolute atomic E-state index is 12.2. The molecule has 1 atom stereocenters. The van der Waals surface area contributed by atoms with Gasteiger partial charge >= 0.3 is 0 Å². The fraction of sp³-hybridized carbons (Fsp3) is 0.733. The molecule has 0 aromatic carbocycles. The first-order chi connectivity index (χ1) is 9.12. The van der Waals surface area contributed by atoms with E-state index in [9.17, 15) is 9.90 Å². The van der Waals surface area contributed by atoms with E-state index in [0.29, 0.717) is 6.04 Å². The smallest absolute Gasteiger partial charge is 0.264 e. The third-order valence-corrected chi connectivity index (χ3v) is 3.53. The minimum atomic E-state index is -0.402. The average Bonchev–Trinajstić information content (AvgIpc) is 2.75. The van der Waals surface area contributed by atoms with Crippen LogP contribution in [0.4, 0.5) is 0 Å². The Hall–Kier alpha value is -1.36. The maximum Gasteiger partial charge on any atom is 0.264 e. The number of aliphatic imine (C=N–C) groups is 1. The van der Waals surface area contributed by atoms with Gasteiger partial charge in [-0.3, -0.25) is 9.69 Å². The molecule has 1 aliphatic rings. The first kappa shape index (κ1) is 16.7. The molecule has 20 heavy (non-hydrogen) atoms. The number of allylic oxidation sites excluding steroid dienone is 1. The molecule has 0 saturated carbocycles. The summed E-state index contributed by atoms with van der Waals surface area (Å²) in [5.41, 5.74) is 5.33. The minimum absolute atomic E-state index is 0.0676. The molecule has 5 nitrogen and oxygen atoms in total. The summed E-state index contributed by atoms with van der Waals surface area (Å²) in [6, 6.07) is 0.139. The maximum atomic E-state index is 12.2. The lowest BCUT2D eigenvalue weighted by Crippen LogP contribution is -2.40. The number of hydrogen-bond acceptors (Lipinski definition) is 3. The molecule has 0 aromatic heterocycles. The second-order valence-electron chi connectivity index (χ2n) is 6.64. The van der Waals surface area contributed by atoms with Crippen LogP contribution in [-0.2, 0) is 4.79 Å². The summed E-state index contributed by atoms with van der Waals surface area (Å²) in [6.45, 7) is 10.7. The molecule has 1 heterocycles. The van der Waals surface area contributed by atoms with Crippen LogP contribution in [0.25, 0.3) is 0 Å². The second kappa shape index (κ2) is 6.39. The average molecular weight is 281 g/mol. The van der Waals surface area contributed by atoms with Gasteiger partial charge in [-0.05, 0) is 33.2 Å². The molecule has 0 aliphatic carbocycles. The van der Waals surface area contributed by atoms with E-state index in [1.54, 1.807) is 0 Å². The van der Waals surface area contributed by atoms with Crippen LogP contribution in [-0.4, -0.2) is 40.4 Å². The normalized spacial score (nSPS) is 22.6. The van der Waals surface area contributed by atoms with Crippen molar-refractivity contribution in [3.63, 3.8) is 0 Å². The fourth-order valence-electron chi connectivity index (χ4n) is 2.26. The number of nitrogens with zero attached hydrogens (tertiary/aromatic N) is 2. The molecule has 0 aromatic rings. The van der Waals surface area contributed by atoms with Crippen molar-refractivity contribution in [1.82, 2.24) is 4.90 Å². The SMILES string of the molecule is CC(C)N1CCCC1C(=O)N=C(N)/C=C(\O)C(C)(C)C. The highest BCUT2D eigenvalue weighted by Gasteiger charge is 2.32. The Labute approximate surface area is 121 Å². The van der Waals surface area contributed by atoms with Crippen LogP contribution in [0.15, 0.2) is 16.8 Å². The van der Waals surface area contributed by atoms with Crippen molar-refractivity contribution in [2.45, 2.75) is 59.5 Å². The van der Waals surface area contributed by atoms with Crippen LogP contribution < -0.4 is 5.73 Å². The monoisotopic (exact) mass is 281 g/mol. The van der Waals surface area contributed by atoms with Crippen molar-refractivity contribution >= 4 is 11.7 Å². The van der Waals surface area contributed by atoms with Gasteiger partial charge in [-0.2, -0.15) is 4.99 Å². The number of likely N-dealkylation sites (tertiary alicyclic amines) is 1. The number of aliphatic hydroxyl groups is 1. The number of carbonyl (C=O) groups excluding carboxylic acids is 1. The molecule has 0 radical (unpaired) electrons. The van der Waals surface area contributed by atoms with Crippen LogP contribution in [0.3, 0.4) is 0 Å². The highest BCUT2D eigenvalue weighted by molar-refractivity contribution is 6.01. The first-order valence-corrected chi connectivity index (χ1v) is 7.18. The summed E-state index contributed by atoms with van der Waals surface area (Å²) in [6.07, 6.45) is 3.20. The topological polar surface area (TPSA) is 78.9 Å². The standard InChI is InChI=1S/C15H27N3O2/c1-10(2)18-8-6-7-11(18)14(20)17-13(16)9-12(19)15(3,4)5/h9-11,19H,6-8H2,1-5H3,(H2,16,17,20)/b12-9-. The van der Waals surface area contributed by atoms with E-state index in [1.807, 2.05) is 20.8 Å². The number of hydrogen-bond donors (Lipinski definition) is 2. The summed E-state index contributed by atoms with van der Waals surface area (Å²) in [5, 5.41) is 9.85. The quantitative estimate of drug-likeness (QED) is 0.472. The van der Waals surface area contributed by atoms with Gasteiger partial charge in [0.25, 0.3) is 5.91 Å². The van der Waals surface area contributed by atoms with E-state index in [4.69, 9.17) is 5.73 Å². The van der Waals surface area contributed by atoms with E-state index in [-0.39, 0.29) is 23.5 Å². The Morgan fingerprint density at radius 3 is 2.55 bits per heavy atom. The molecule has 5 heteroatoms. The zero-order valence-electron chi connectivity index (χ0n) is 13.2. The summed E-state index contributed by atoms with van der Waals surface area (Å²) >= 11 is 0. The van der Waals surface area contributed by atoms with Crippen molar-refractivity contribution in [2.75, 3.05) is 6.54 Å². The lowest BCUT2D eigenvalue weighted by atomic mass is 9.93. The Balaban J connectivity index is 2.81. The highest BCUT2D eigenvalue weighted by Crippen LogP contribution is 2.23. The van der Waals surface area contributed by atoms with Gasteiger partial charge in [-0.15, -0.1) is 0 Å². The van der Waals surface area contributed by atoms with Gasteiger partial charge in [0.1, 0.15) is 11.6 Å². The van der Waals surface area contributed by atoms with Crippen LogP contribution in [0.5, 0.6) is 0 Å². The first-order valence-electron chi connectivity index (χ1n) is 7.18. The third kappa shape index (κ3) is 4.34. The number of carbonyl (C=O) groups is 1. The third-order valence-electron chi connectivity index (χ3n) is 3.53. The van der Waals surface area contributed by atoms with Crippen molar-refractivity contribution < 1.29 is 9.90 Å². The Bertz CT molecular complexity index is 419. The minimum Gasteiger partial charge on any atom is -0.512 e. The van der Waals surface area contributed by atoms with Crippen molar-refractivity contribution in [1.29, 1.82) is 0 Å². The number of aliphatic hydroxyl groups excluding tert-OH is 1. The van der Waals surface area contributed by atoms with Gasteiger partial charge in [0.15, 0.2) is 0 Å². The molecule has 114 valence electrons. The molecular formula is C15H27N3O2. The molecular weight excluding hydrogens is 254 g/mol. The van der Waals surface area contributed by atoms with E-state index >= 15 is 0 Å². The molecule has 3 N–H and O–H groups in total. The zero-order valence-corrected chi connectivity index (χ0v) is 13.2. The number of rotatable bonds is 3. The fourth-order valence-corrected chi connectivity index (χ4v) is 2.26. The number of amides is 1. The summed E-state index contributed by atoms with van der Waals surface area (Å²) in [4.78, 5) is 18.2. The molecule has 1 fully saturated rings. The summed E-state index contributed by atoms with van der Waals surface area (Å²) in [7, 11) is 0. The van der Waals surface area contributed by atoms with Crippen molar-refractivity contribution in [3.05, 3.63) is 11.8 Å². The molecule has 1 saturated heterocycles. The van der Waals surface area contributed by atoms with Crippen molar-refractivity contribution in [2.24, 2.45) is 16.1 Å². The van der Waals surface area contributed by atoms with Gasteiger partial charge < -0.3 is 10.8 Å². The Kier molecular flexibility index (Phi) is 5.34. The molecule has 1 aliphatic heterocycles. The van der Waals surface area contributed by atoms with Gasteiger partial charge in [-0.25, -0.2) is 0 Å². The molecule has 1 unspecified atom stereocenters. The van der Waals surface area contributed by atoms with E-state index < -0.39 is 5.41 Å². The van der Waals surface area contributed by atoms with Crippen LogP contribution >= 0.6 is 0 Å². The molecule has 0 spiro atoms. The Morgan fingerprint density at radius 1 is 1.45 bits per heavy atom. The number of amidine groups is 1. The van der Waals surface area contributed by atoms with Crippen LogP contribution in [0.2, 0.25) is 0 Å². The lowest BCUT2D eigenvalue weighted by molar-refractivity contribution is -0.122. The summed E-state index contributed by atoms with van der Waals surface area (Å²) in [5.74, 6) is -0.0247. The molecule has 0 bridgehead atoms. The Morgan fingerprint density at radius 2 is 2.05 bits per heavy atom. The predicted molar refractivity (Wildman–Crippen MR) is 81.7 cm³/mol. The van der Waals surface area contributed by atoms with E-state index in [0.717, 1.165) is 19.4 Å². The molecule has 1 rings (SSSR count). The zero-order chi connectivity index (χ0) is 15.5. The van der Waals surface area contributed by atoms with Gasteiger partial charge in [0.05, 0.1) is 6.04 Å². The number of nitrogens with two attached hydrogens (primary N) is 1. The van der Waals surface area contributed by atoms with Gasteiger partial charge in [0.2, 0.25) is 0 Å².